The lowest BCUT2D eigenvalue weighted by Crippen LogP contribution is -2.46. The molecule has 2 aromatic rings. The number of methoxy groups -OCH3 is 1. The molecule has 2 aromatic carbocycles. The highest BCUT2D eigenvalue weighted by molar-refractivity contribution is 5.94. The molecule has 0 aromatic heterocycles. The highest BCUT2D eigenvalue weighted by Gasteiger charge is 2.40. The average Bonchev–Trinajstić information content (AvgIpc) is 3.43. The molecule has 5 rings (SSSR count). The highest BCUT2D eigenvalue weighted by atomic mass is 16.5. The van der Waals surface area contributed by atoms with Crippen molar-refractivity contribution in [3.63, 3.8) is 0 Å². The first kappa shape index (κ1) is 20.4. The lowest BCUT2D eigenvalue weighted by Gasteiger charge is -2.36. The molecule has 1 N–H and O–H groups in total. The van der Waals surface area contributed by atoms with E-state index in [1.807, 2.05) is 24.3 Å². The molecule has 164 valence electrons. The number of carbonyl (C=O) groups is 1. The van der Waals surface area contributed by atoms with Gasteiger partial charge in [0, 0.05) is 44.3 Å². The Kier molecular flexibility index (Phi) is 5.86. The van der Waals surface area contributed by atoms with Crippen LogP contribution in [0.25, 0.3) is 0 Å². The molecule has 5 heteroatoms. The van der Waals surface area contributed by atoms with E-state index >= 15 is 0 Å². The van der Waals surface area contributed by atoms with Gasteiger partial charge in [0.15, 0.2) is 0 Å². The molecule has 3 fully saturated rings. The number of piperazine rings is 1. The second kappa shape index (κ2) is 8.91. The Morgan fingerprint density at radius 1 is 1.00 bits per heavy atom. The van der Waals surface area contributed by atoms with Crippen molar-refractivity contribution in [2.75, 3.05) is 38.2 Å². The van der Waals surface area contributed by atoms with Crippen LogP contribution in [0.5, 0.6) is 5.75 Å². The van der Waals surface area contributed by atoms with Gasteiger partial charge in [0.05, 0.1) is 12.8 Å². The average molecular weight is 420 g/mol. The van der Waals surface area contributed by atoms with Crippen molar-refractivity contribution in [2.45, 2.75) is 38.3 Å². The zero-order valence-electron chi connectivity index (χ0n) is 18.4. The number of carbonyl (C=O) groups excluding carboxylic acids is 1. The smallest absolute Gasteiger partial charge is 0.251 e. The topological polar surface area (TPSA) is 44.8 Å². The van der Waals surface area contributed by atoms with E-state index in [0.29, 0.717) is 12.0 Å². The van der Waals surface area contributed by atoms with Gasteiger partial charge in [0.2, 0.25) is 0 Å². The van der Waals surface area contributed by atoms with Gasteiger partial charge < -0.3 is 15.0 Å². The van der Waals surface area contributed by atoms with Gasteiger partial charge in [0.1, 0.15) is 5.75 Å². The van der Waals surface area contributed by atoms with Gasteiger partial charge in [-0.05, 0) is 60.9 Å². The molecule has 1 amide bonds. The quantitative estimate of drug-likeness (QED) is 0.770. The van der Waals surface area contributed by atoms with Gasteiger partial charge in [0.25, 0.3) is 5.91 Å². The van der Waals surface area contributed by atoms with Crippen molar-refractivity contribution in [3.8, 4) is 5.75 Å². The van der Waals surface area contributed by atoms with Gasteiger partial charge in [-0.15, -0.1) is 0 Å². The molecule has 0 spiro atoms. The van der Waals surface area contributed by atoms with Crippen LogP contribution < -0.4 is 15.0 Å². The maximum absolute atomic E-state index is 12.7. The van der Waals surface area contributed by atoms with Gasteiger partial charge in [-0.1, -0.05) is 30.7 Å². The number of hydrogen-bond acceptors (Lipinski definition) is 4. The SMILES string of the molecule is COc1ccccc1N1CCN(Cc2ccc(C(=O)N[C@@H]3C[C@H]4CC[C@@H]3C4)cc2)CC1. The van der Waals surface area contributed by atoms with Crippen molar-refractivity contribution in [2.24, 2.45) is 11.8 Å². The third kappa shape index (κ3) is 4.42. The van der Waals surface area contributed by atoms with E-state index < -0.39 is 0 Å². The Bertz CT molecular complexity index is 905. The van der Waals surface area contributed by atoms with Crippen LogP contribution in [0.2, 0.25) is 0 Å². The molecule has 2 aliphatic carbocycles. The minimum absolute atomic E-state index is 0.0922. The molecule has 31 heavy (non-hydrogen) atoms. The van der Waals surface area contributed by atoms with Gasteiger partial charge in [-0.3, -0.25) is 9.69 Å². The maximum atomic E-state index is 12.7. The fourth-order valence-electron chi connectivity index (χ4n) is 5.73. The van der Waals surface area contributed by atoms with E-state index in [9.17, 15) is 4.79 Å². The van der Waals surface area contributed by atoms with Crippen molar-refractivity contribution >= 4 is 11.6 Å². The number of fused-ring (bicyclic) bond motifs is 2. The first-order chi connectivity index (χ1) is 15.2. The minimum Gasteiger partial charge on any atom is -0.495 e. The monoisotopic (exact) mass is 419 g/mol. The molecule has 3 atom stereocenters. The van der Waals surface area contributed by atoms with Crippen LogP contribution in [0, 0.1) is 11.8 Å². The molecule has 0 radical (unpaired) electrons. The summed E-state index contributed by atoms with van der Waals surface area (Å²) in [5, 5.41) is 3.29. The molecule has 5 nitrogen and oxygen atoms in total. The number of nitrogens with one attached hydrogen (secondary N) is 1. The van der Waals surface area contributed by atoms with E-state index in [0.717, 1.165) is 50.0 Å². The molecule has 1 aliphatic heterocycles. The second-order valence-corrected chi connectivity index (χ2v) is 9.39. The number of para-hydroxylation sites is 2. The third-order valence-electron chi connectivity index (χ3n) is 7.48. The van der Waals surface area contributed by atoms with Crippen LogP contribution in [0.3, 0.4) is 0 Å². The summed E-state index contributed by atoms with van der Waals surface area (Å²) in [6.45, 7) is 4.94. The van der Waals surface area contributed by atoms with Crippen molar-refractivity contribution in [1.82, 2.24) is 10.2 Å². The largest absolute Gasteiger partial charge is 0.495 e. The first-order valence-electron chi connectivity index (χ1n) is 11.7. The summed E-state index contributed by atoms with van der Waals surface area (Å²) in [4.78, 5) is 17.5. The molecule has 2 saturated carbocycles. The van der Waals surface area contributed by atoms with Crippen LogP contribution in [0.15, 0.2) is 48.5 Å². The Morgan fingerprint density at radius 2 is 1.77 bits per heavy atom. The molecule has 3 aliphatic rings. The number of anilines is 1. The minimum atomic E-state index is 0.0922. The van der Waals surface area contributed by atoms with E-state index in [1.54, 1.807) is 7.11 Å². The molecule has 0 unspecified atom stereocenters. The number of rotatable bonds is 6. The summed E-state index contributed by atoms with van der Waals surface area (Å²) in [6.07, 6.45) is 5.14. The molecule has 1 heterocycles. The molecule has 2 bridgehead atoms. The van der Waals surface area contributed by atoms with E-state index in [1.165, 1.54) is 36.9 Å². The van der Waals surface area contributed by atoms with Crippen LogP contribution in [-0.4, -0.2) is 50.1 Å². The zero-order valence-corrected chi connectivity index (χ0v) is 18.4. The standard InChI is InChI=1S/C26H33N3O2/c1-31-25-5-3-2-4-24(25)29-14-12-28(13-15-29)18-19-6-9-21(10-7-19)26(30)27-23-17-20-8-11-22(23)16-20/h2-7,9-10,20,22-23H,8,11-18H2,1H3,(H,27,30)/t20-,22+,23+/m0/s1. The number of ether oxygens (including phenoxy) is 1. The molecule has 1 saturated heterocycles. The first-order valence-corrected chi connectivity index (χ1v) is 11.7. The van der Waals surface area contributed by atoms with E-state index in [2.05, 4.69) is 39.4 Å². The second-order valence-electron chi connectivity index (χ2n) is 9.39. The highest BCUT2D eigenvalue weighted by Crippen LogP contribution is 2.44. The number of hydrogen-bond donors (Lipinski definition) is 1. The van der Waals surface area contributed by atoms with Crippen LogP contribution in [-0.2, 0) is 6.54 Å². The normalized spacial score (nSPS) is 25.6. The van der Waals surface area contributed by atoms with Gasteiger partial charge in [-0.25, -0.2) is 0 Å². The summed E-state index contributed by atoms with van der Waals surface area (Å²) in [7, 11) is 1.73. The van der Waals surface area contributed by atoms with E-state index in [4.69, 9.17) is 4.74 Å². The predicted octanol–water partition coefficient (Wildman–Crippen LogP) is 3.94. The van der Waals surface area contributed by atoms with Crippen LogP contribution in [0.1, 0.15) is 41.6 Å². The molecular formula is C26H33N3O2. The van der Waals surface area contributed by atoms with Crippen LogP contribution in [0.4, 0.5) is 5.69 Å². The van der Waals surface area contributed by atoms with Gasteiger partial charge in [-0.2, -0.15) is 0 Å². The lowest BCUT2D eigenvalue weighted by molar-refractivity contribution is 0.0923. The summed E-state index contributed by atoms with van der Waals surface area (Å²) < 4.78 is 5.52. The maximum Gasteiger partial charge on any atom is 0.251 e. The Balaban J connectivity index is 1.12. The predicted molar refractivity (Wildman–Crippen MR) is 124 cm³/mol. The fourth-order valence-corrected chi connectivity index (χ4v) is 5.73. The van der Waals surface area contributed by atoms with Crippen molar-refractivity contribution in [1.29, 1.82) is 0 Å². The van der Waals surface area contributed by atoms with Crippen molar-refractivity contribution in [3.05, 3.63) is 59.7 Å². The fraction of sp³-hybridized carbons (Fsp3) is 0.500. The Labute approximate surface area is 185 Å². The number of nitrogens with zero attached hydrogens (tertiary/aromatic N) is 2. The van der Waals surface area contributed by atoms with Gasteiger partial charge >= 0.3 is 0 Å². The van der Waals surface area contributed by atoms with Crippen molar-refractivity contribution < 1.29 is 9.53 Å². The summed E-state index contributed by atoms with van der Waals surface area (Å²) in [5.74, 6) is 2.59. The third-order valence-corrected chi connectivity index (χ3v) is 7.48. The number of amides is 1. The zero-order chi connectivity index (χ0) is 21.2. The molecular weight excluding hydrogens is 386 g/mol. The lowest BCUT2D eigenvalue weighted by atomic mass is 9.95. The van der Waals surface area contributed by atoms with E-state index in [-0.39, 0.29) is 5.91 Å². The number of benzene rings is 2. The van der Waals surface area contributed by atoms with Crippen LogP contribution >= 0.6 is 0 Å². The Hall–Kier alpha value is -2.53. The summed E-state index contributed by atoms with van der Waals surface area (Å²) >= 11 is 0. The summed E-state index contributed by atoms with van der Waals surface area (Å²) in [6, 6.07) is 16.8. The Morgan fingerprint density at radius 3 is 2.45 bits per heavy atom. The summed E-state index contributed by atoms with van der Waals surface area (Å²) in [5.41, 5.74) is 3.23.